The average molecular weight is 283 g/mol. The molecule has 5 nitrogen and oxygen atoms in total. The average Bonchev–Trinajstić information content (AvgIpc) is 2.37. The first kappa shape index (κ1) is 13.7. The Morgan fingerprint density at radius 3 is 3.05 bits per heavy atom. The summed E-state index contributed by atoms with van der Waals surface area (Å²) in [5.74, 6) is -0.00174. The van der Waals surface area contributed by atoms with Crippen molar-refractivity contribution in [1.82, 2.24) is 5.32 Å². The molecule has 1 aliphatic rings. The Hall–Kier alpha value is -1.75. The highest BCUT2D eigenvalue weighted by atomic mass is 35.5. The summed E-state index contributed by atoms with van der Waals surface area (Å²) in [5, 5.41) is 5.91. The maximum atomic E-state index is 11.8. The Kier molecular flexibility index (Phi) is 4.27. The number of rotatable bonds is 4. The van der Waals surface area contributed by atoms with Gasteiger partial charge in [0.25, 0.3) is 5.91 Å². The normalized spacial score (nSPS) is 17.2. The van der Waals surface area contributed by atoms with Crippen LogP contribution in [0.3, 0.4) is 0 Å². The van der Waals surface area contributed by atoms with Crippen molar-refractivity contribution in [2.24, 2.45) is 0 Å². The number of amides is 2. The van der Waals surface area contributed by atoms with E-state index < -0.39 is 6.10 Å². The topological polar surface area (TPSA) is 67.4 Å². The third-order valence-corrected chi connectivity index (χ3v) is 2.94. The highest BCUT2D eigenvalue weighted by molar-refractivity contribution is 6.31. The van der Waals surface area contributed by atoms with Crippen molar-refractivity contribution >= 4 is 29.1 Å². The van der Waals surface area contributed by atoms with E-state index in [1.54, 1.807) is 18.2 Å². The van der Waals surface area contributed by atoms with Crippen molar-refractivity contribution in [2.75, 3.05) is 11.9 Å². The van der Waals surface area contributed by atoms with Crippen LogP contribution in [0.2, 0.25) is 5.02 Å². The highest BCUT2D eigenvalue weighted by Crippen LogP contribution is 2.32. The lowest BCUT2D eigenvalue weighted by atomic mass is 10.1. The van der Waals surface area contributed by atoms with Crippen LogP contribution in [0.25, 0.3) is 0 Å². The van der Waals surface area contributed by atoms with E-state index in [0.29, 0.717) is 23.0 Å². The highest BCUT2D eigenvalue weighted by Gasteiger charge is 2.29. The summed E-state index contributed by atoms with van der Waals surface area (Å²) in [6.07, 6.45) is 0.0594. The monoisotopic (exact) mass is 282 g/mol. The van der Waals surface area contributed by atoms with E-state index in [0.717, 1.165) is 6.42 Å². The summed E-state index contributed by atoms with van der Waals surface area (Å²) >= 11 is 5.83. The van der Waals surface area contributed by atoms with Crippen molar-refractivity contribution < 1.29 is 14.3 Å². The molecular formula is C13H15ClN2O3. The quantitative estimate of drug-likeness (QED) is 0.887. The summed E-state index contributed by atoms with van der Waals surface area (Å²) in [4.78, 5) is 23.4. The molecule has 0 unspecified atom stereocenters. The molecule has 102 valence electrons. The van der Waals surface area contributed by atoms with E-state index in [1.165, 1.54) is 0 Å². The zero-order valence-corrected chi connectivity index (χ0v) is 11.3. The van der Waals surface area contributed by atoms with Gasteiger partial charge in [-0.15, -0.1) is 0 Å². The smallest absolute Gasteiger partial charge is 0.266 e. The van der Waals surface area contributed by atoms with Crippen LogP contribution in [0.5, 0.6) is 5.75 Å². The van der Waals surface area contributed by atoms with Crippen LogP contribution in [0.4, 0.5) is 5.69 Å². The number of carbonyl (C=O) groups excluding carboxylic acids is 2. The minimum Gasteiger partial charge on any atom is -0.478 e. The van der Waals surface area contributed by atoms with Crippen molar-refractivity contribution in [3.63, 3.8) is 0 Å². The van der Waals surface area contributed by atoms with E-state index in [-0.39, 0.29) is 18.2 Å². The molecule has 0 spiro atoms. The molecule has 1 aromatic carbocycles. The summed E-state index contributed by atoms with van der Waals surface area (Å²) < 4.78 is 5.52. The fourth-order valence-electron chi connectivity index (χ4n) is 1.76. The number of fused-ring (bicyclic) bond motifs is 1. The minimum atomic E-state index is -0.800. The molecule has 0 aromatic heterocycles. The predicted molar refractivity (Wildman–Crippen MR) is 72.4 cm³/mol. The number of anilines is 1. The zero-order valence-electron chi connectivity index (χ0n) is 10.5. The van der Waals surface area contributed by atoms with Gasteiger partial charge in [-0.05, 0) is 24.6 Å². The van der Waals surface area contributed by atoms with Gasteiger partial charge in [-0.25, -0.2) is 0 Å². The summed E-state index contributed by atoms with van der Waals surface area (Å²) in [6.45, 7) is 2.56. The van der Waals surface area contributed by atoms with Crippen molar-refractivity contribution in [3.8, 4) is 5.75 Å². The van der Waals surface area contributed by atoms with Crippen molar-refractivity contribution in [2.45, 2.75) is 25.9 Å². The first-order valence-corrected chi connectivity index (χ1v) is 6.51. The Balaban J connectivity index is 2.03. The number of benzene rings is 1. The van der Waals surface area contributed by atoms with Crippen LogP contribution in [-0.2, 0) is 9.59 Å². The molecule has 0 radical (unpaired) electrons. The number of hydrogen-bond acceptors (Lipinski definition) is 3. The number of hydrogen-bond donors (Lipinski definition) is 2. The molecule has 19 heavy (non-hydrogen) atoms. The molecule has 1 heterocycles. The van der Waals surface area contributed by atoms with Crippen molar-refractivity contribution in [3.05, 3.63) is 23.2 Å². The van der Waals surface area contributed by atoms with Gasteiger partial charge in [0.15, 0.2) is 6.10 Å². The third-order valence-electron chi connectivity index (χ3n) is 2.70. The fraction of sp³-hybridized carbons (Fsp3) is 0.385. The second kappa shape index (κ2) is 5.93. The van der Waals surface area contributed by atoms with Gasteiger partial charge < -0.3 is 15.4 Å². The molecule has 0 fully saturated rings. The van der Waals surface area contributed by atoms with E-state index in [4.69, 9.17) is 16.3 Å². The Labute approximate surface area is 116 Å². The number of ether oxygens (including phenoxy) is 1. The molecule has 6 heteroatoms. The van der Waals surface area contributed by atoms with Gasteiger partial charge in [-0.2, -0.15) is 0 Å². The van der Waals surface area contributed by atoms with Gasteiger partial charge in [0.2, 0.25) is 5.91 Å². The first-order valence-electron chi connectivity index (χ1n) is 6.14. The van der Waals surface area contributed by atoms with E-state index in [9.17, 15) is 9.59 Å². The Morgan fingerprint density at radius 1 is 1.53 bits per heavy atom. The van der Waals surface area contributed by atoms with E-state index in [2.05, 4.69) is 10.6 Å². The van der Waals surface area contributed by atoms with Gasteiger partial charge in [0.05, 0.1) is 12.1 Å². The van der Waals surface area contributed by atoms with Crippen LogP contribution < -0.4 is 15.4 Å². The van der Waals surface area contributed by atoms with Crippen LogP contribution in [0, 0.1) is 0 Å². The van der Waals surface area contributed by atoms with Crippen LogP contribution in [0.1, 0.15) is 19.8 Å². The van der Waals surface area contributed by atoms with Gasteiger partial charge in [-0.3, -0.25) is 9.59 Å². The summed E-state index contributed by atoms with van der Waals surface area (Å²) in [7, 11) is 0. The lowest BCUT2D eigenvalue weighted by Crippen LogP contribution is -2.41. The minimum absolute atomic E-state index is 0.00784. The van der Waals surface area contributed by atoms with Gasteiger partial charge in [0, 0.05) is 11.6 Å². The predicted octanol–water partition coefficient (Wildman–Crippen LogP) is 1.96. The summed E-state index contributed by atoms with van der Waals surface area (Å²) in [5.41, 5.74) is 0.530. The first-order chi connectivity index (χ1) is 9.10. The largest absolute Gasteiger partial charge is 0.478 e. The molecule has 2 rings (SSSR count). The number of halogens is 1. The van der Waals surface area contributed by atoms with Crippen molar-refractivity contribution in [1.29, 1.82) is 0 Å². The fourth-order valence-corrected chi connectivity index (χ4v) is 1.93. The molecular weight excluding hydrogens is 268 g/mol. The van der Waals surface area contributed by atoms with Gasteiger partial charge >= 0.3 is 0 Å². The summed E-state index contributed by atoms with van der Waals surface area (Å²) in [6, 6.07) is 4.96. The Morgan fingerprint density at radius 2 is 2.32 bits per heavy atom. The molecule has 1 aromatic rings. The lowest BCUT2D eigenvalue weighted by molar-refractivity contribution is -0.130. The molecule has 1 atom stereocenters. The zero-order chi connectivity index (χ0) is 13.8. The SMILES string of the molecule is CCCNC(=O)C[C@@H]1Oc2ccc(Cl)cc2NC1=O. The van der Waals surface area contributed by atoms with E-state index in [1.807, 2.05) is 6.92 Å². The number of nitrogens with one attached hydrogen (secondary N) is 2. The van der Waals surface area contributed by atoms with Gasteiger partial charge in [-0.1, -0.05) is 18.5 Å². The standard InChI is InChI=1S/C13H15ClN2O3/c1-2-5-15-12(17)7-11-13(18)16-9-6-8(14)3-4-10(9)19-11/h3-4,6,11H,2,5,7H2,1H3,(H,15,17)(H,16,18)/t11-/m0/s1. The maximum Gasteiger partial charge on any atom is 0.266 e. The lowest BCUT2D eigenvalue weighted by Gasteiger charge is -2.25. The van der Waals surface area contributed by atoms with Crippen LogP contribution >= 0.6 is 11.6 Å². The van der Waals surface area contributed by atoms with E-state index >= 15 is 0 Å². The van der Waals surface area contributed by atoms with Crippen LogP contribution in [-0.4, -0.2) is 24.5 Å². The molecule has 0 saturated heterocycles. The molecule has 0 saturated carbocycles. The second-order valence-corrected chi connectivity index (χ2v) is 4.73. The Bertz CT molecular complexity index is 505. The molecule has 1 aliphatic heterocycles. The second-order valence-electron chi connectivity index (χ2n) is 4.29. The number of carbonyl (C=O) groups is 2. The molecule has 0 bridgehead atoms. The maximum absolute atomic E-state index is 11.8. The van der Waals surface area contributed by atoms with Crippen LogP contribution in [0.15, 0.2) is 18.2 Å². The third kappa shape index (κ3) is 3.38. The molecule has 2 amide bonds. The van der Waals surface area contributed by atoms with Gasteiger partial charge in [0.1, 0.15) is 5.75 Å². The molecule has 0 aliphatic carbocycles. The molecule has 2 N–H and O–H groups in total.